The Morgan fingerprint density at radius 2 is 0.345 bits per heavy atom. The van der Waals surface area contributed by atoms with Gasteiger partial charge in [-0.2, -0.15) is 0 Å². The van der Waals surface area contributed by atoms with Gasteiger partial charge in [-0.15, -0.1) is 0 Å². The summed E-state index contributed by atoms with van der Waals surface area (Å²) in [6.07, 6.45) is 0. The van der Waals surface area contributed by atoms with Gasteiger partial charge >= 0.3 is 0 Å². The van der Waals surface area contributed by atoms with Crippen molar-refractivity contribution in [1.29, 1.82) is 0 Å². The highest BCUT2D eigenvalue weighted by molar-refractivity contribution is 6.40. The van der Waals surface area contributed by atoms with Crippen LogP contribution >= 0.6 is 0 Å². The van der Waals surface area contributed by atoms with Gasteiger partial charge < -0.3 is 0 Å². The minimum absolute atomic E-state index is 1.18. The monoisotopic (exact) mass is 734 g/mol. The molecule has 0 spiro atoms. The Morgan fingerprint density at radius 3 is 0.621 bits per heavy atom. The van der Waals surface area contributed by atoms with E-state index in [0.29, 0.717) is 0 Å². The van der Waals surface area contributed by atoms with E-state index in [9.17, 15) is 0 Å². The average Bonchev–Trinajstić information content (AvgIpc) is 3.31. The molecule has 0 aliphatic heterocycles. The third-order valence-corrected chi connectivity index (χ3v) is 11.8. The molecule has 0 unspecified atom stereocenters. The summed E-state index contributed by atoms with van der Waals surface area (Å²) >= 11 is 0. The molecule has 0 saturated carbocycles. The minimum atomic E-state index is 1.18. The normalized spacial score (nSPS) is 11.4. The van der Waals surface area contributed by atoms with E-state index in [1.54, 1.807) is 0 Å². The number of hydrogen-bond donors (Lipinski definition) is 0. The highest BCUT2D eigenvalue weighted by Crippen LogP contribution is 2.58. The van der Waals surface area contributed by atoms with Gasteiger partial charge in [0.25, 0.3) is 0 Å². The number of hydrogen-bond acceptors (Lipinski definition) is 0. The van der Waals surface area contributed by atoms with Gasteiger partial charge in [0.2, 0.25) is 0 Å². The fourth-order valence-corrected chi connectivity index (χ4v) is 9.52. The van der Waals surface area contributed by atoms with Gasteiger partial charge in [0, 0.05) is 0 Å². The first kappa shape index (κ1) is 33.8. The molecule has 270 valence electrons. The van der Waals surface area contributed by atoms with Crippen molar-refractivity contribution in [2.24, 2.45) is 0 Å². The third kappa shape index (κ3) is 5.38. The lowest BCUT2D eigenvalue weighted by Gasteiger charge is -2.29. The fourth-order valence-electron chi connectivity index (χ4n) is 9.52. The Bertz CT molecular complexity index is 3040. The quantitative estimate of drug-likeness (QED) is 0.118. The second kappa shape index (κ2) is 14.2. The first-order valence-corrected chi connectivity index (χ1v) is 20.1. The van der Waals surface area contributed by atoms with E-state index in [0.717, 1.165) is 0 Å². The minimum Gasteiger partial charge on any atom is -0.0622 e. The van der Waals surface area contributed by atoms with Crippen molar-refractivity contribution in [2.45, 2.75) is 0 Å². The largest absolute Gasteiger partial charge is 0.0622 e. The van der Waals surface area contributed by atoms with Gasteiger partial charge in [-0.05, 0) is 110 Å². The molecule has 0 aliphatic carbocycles. The number of benzene rings is 11. The molecular formula is C58H38. The van der Waals surface area contributed by atoms with E-state index in [1.165, 1.54) is 110 Å². The molecule has 58 heavy (non-hydrogen) atoms. The van der Waals surface area contributed by atoms with Crippen molar-refractivity contribution in [2.75, 3.05) is 0 Å². The lowest BCUT2D eigenvalue weighted by atomic mass is 9.73. The number of fused-ring (bicyclic) bond motifs is 7. The molecule has 0 saturated heterocycles. The molecule has 0 aromatic heterocycles. The first-order valence-electron chi connectivity index (χ1n) is 20.1. The summed E-state index contributed by atoms with van der Waals surface area (Å²) in [7, 11) is 0. The van der Waals surface area contributed by atoms with Gasteiger partial charge in [-0.3, -0.25) is 0 Å². The Morgan fingerprint density at radius 1 is 0.138 bits per heavy atom. The maximum atomic E-state index is 2.34. The highest BCUT2D eigenvalue weighted by Gasteiger charge is 2.31. The molecule has 0 heteroatoms. The molecule has 0 aliphatic rings. The molecule has 0 nitrogen and oxygen atoms in total. The third-order valence-electron chi connectivity index (χ3n) is 11.8. The molecule has 11 rings (SSSR count). The zero-order valence-electron chi connectivity index (χ0n) is 31.9. The van der Waals surface area contributed by atoms with Crippen LogP contribution in [0.3, 0.4) is 0 Å². The van der Waals surface area contributed by atoms with Crippen LogP contribution in [0.25, 0.3) is 110 Å². The van der Waals surface area contributed by atoms with Crippen molar-refractivity contribution in [3.05, 3.63) is 231 Å². The van der Waals surface area contributed by atoms with Crippen molar-refractivity contribution in [1.82, 2.24) is 0 Å². The molecule has 0 atom stereocenters. The SMILES string of the molecule is c1ccc(-c2c(-c3ccccc3)c(-c3ccccc3)c3c(-c4ccccc4)c4c5ccccc5c5ccccc5c4c(-c4ccccc4)c3c2-c2ccccc2)cc1. The summed E-state index contributed by atoms with van der Waals surface area (Å²) in [5, 5.41) is 10.1. The smallest absolute Gasteiger partial charge is 0.0000932 e. The molecule has 0 fully saturated rings. The standard InChI is InChI=1S/C58H38/c1-7-23-39(24-8-1)49-50(40-25-9-2-10-26-40)52(42-29-13-4-14-30-42)58-54(44-33-17-6-18-34-44)56-48-38-22-20-36-46(48)45-35-19-21-37-47(45)55(56)53(43-31-15-5-16-32-43)57(58)51(49)41-27-11-3-12-28-41/h1-38H. The van der Waals surface area contributed by atoms with E-state index in [-0.39, 0.29) is 0 Å². The molecule has 0 radical (unpaired) electrons. The molecule has 0 N–H and O–H groups in total. The van der Waals surface area contributed by atoms with Crippen LogP contribution in [0.5, 0.6) is 0 Å². The molecule has 0 heterocycles. The Labute approximate surface area is 339 Å². The summed E-state index contributed by atoms with van der Waals surface area (Å²) in [5.41, 5.74) is 14.5. The molecule has 11 aromatic carbocycles. The summed E-state index contributed by atoms with van der Waals surface area (Å²) in [4.78, 5) is 0. The topological polar surface area (TPSA) is 0 Å². The summed E-state index contributed by atoms with van der Waals surface area (Å²) < 4.78 is 0. The second-order valence-electron chi connectivity index (χ2n) is 15.0. The molecule has 0 bridgehead atoms. The van der Waals surface area contributed by atoms with Gasteiger partial charge in [0.05, 0.1) is 0 Å². The van der Waals surface area contributed by atoms with Crippen LogP contribution in [0, 0.1) is 0 Å². The van der Waals surface area contributed by atoms with E-state index in [2.05, 4.69) is 231 Å². The highest BCUT2D eigenvalue weighted by atomic mass is 14.3. The maximum Gasteiger partial charge on any atom is -0.0000932 e. The van der Waals surface area contributed by atoms with Crippen LogP contribution in [0.2, 0.25) is 0 Å². The lowest BCUT2D eigenvalue weighted by Crippen LogP contribution is -2.02. The van der Waals surface area contributed by atoms with Crippen LogP contribution in [0.4, 0.5) is 0 Å². The molecular weight excluding hydrogens is 697 g/mol. The van der Waals surface area contributed by atoms with E-state index < -0.39 is 0 Å². The Kier molecular flexibility index (Phi) is 8.26. The van der Waals surface area contributed by atoms with E-state index in [1.807, 2.05) is 0 Å². The lowest BCUT2D eigenvalue weighted by molar-refractivity contribution is 1.57. The van der Waals surface area contributed by atoms with Crippen LogP contribution in [0.15, 0.2) is 231 Å². The predicted molar refractivity (Wildman–Crippen MR) is 249 cm³/mol. The second-order valence-corrected chi connectivity index (χ2v) is 15.0. The molecule has 0 amide bonds. The van der Waals surface area contributed by atoms with Crippen molar-refractivity contribution >= 4 is 43.1 Å². The van der Waals surface area contributed by atoms with E-state index in [4.69, 9.17) is 0 Å². The summed E-state index contributed by atoms with van der Waals surface area (Å²) in [6.45, 7) is 0. The van der Waals surface area contributed by atoms with Crippen molar-refractivity contribution in [3.8, 4) is 66.8 Å². The Hall–Kier alpha value is -7.54. The summed E-state index contributed by atoms with van der Waals surface area (Å²) in [6, 6.07) is 84.7. The fraction of sp³-hybridized carbons (Fsp3) is 0. The zero-order valence-corrected chi connectivity index (χ0v) is 31.9. The van der Waals surface area contributed by atoms with Crippen molar-refractivity contribution in [3.63, 3.8) is 0 Å². The van der Waals surface area contributed by atoms with E-state index >= 15 is 0 Å². The number of rotatable bonds is 6. The van der Waals surface area contributed by atoms with Crippen molar-refractivity contribution < 1.29 is 0 Å². The van der Waals surface area contributed by atoms with Crippen LogP contribution in [-0.4, -0.2) is 0 Å². The van der Waals surface area contributed by atoms with Gasteiger partial charge in [0.15, 0.2) is 0 Å². The predicted octanol–water partition coefficient (Wildman–Crippen LogP) is 16.3. The summed E-state index contributed by atoms with van der Waals surface area (Å²) in [5.74, 6) is 0. The molecule has 11 aromatic rings. The Balaban J connectivity index is 1.60. The van der Waals surface area contributed by atoms with Crippen LogP contribution in [0.1, 0.15) is 0 Å². The van der Waals surface area contributed by atoms with Gasteiger partial charge in [-0.1, -0.05) is 231 Å². The maximum absolute atomic E-state index is 2.34. The first-order chi connectivity index (χ1) is 28.9. The average molecular weight is 735 g/mol. The van der Waals surface area contributed by atoms with Gasteiger partial charge in [-0.25, -0.2) is 0 Å². The van der Waals surface area contributed by atoms with Crippen LogP contribution in [-0.2, 0) is 0 Å². The van der Waals surface area contributed by atoms with Gasteiger partial charge in [0.1, 0.15) is 0 Å². The van der Waals surface area contributed by atoms with Crippen LogP contribution < -0.4 is 0 Å². The zero-order chi connectivity index (χ0) is 38.4.